The normalized spacial score (nSPS) is 11.5. The number of para-hydroxylation sites is 1. The Bertz CT molecular complexity index is 1520. The second-order valence-corrected chi connectivity index (χ2v) is 8.39. The van der Waals surface area contributed by atoms with Crippen LogP contribution in [0.1, 0.15) is 23.8 Å². The molecule has 168 valence electrons. The van der Waals surface area contributed by atoms with Crippen LogP contribution in [0.5, 0.6) is 0 Å². The molecule has 4 heterocycles. The topological polar surface area (TPSA) is 139 Å². The maximum atomic E-state index is 12.7. The van der Waals surface area contributed by atoms with Crippen molar-refractivity contribution in [1.29, 1.82) is 0 Å². The van der Waals surface area contributed by atoms with Crippen LogP contribution in [-0.4, -0.2) is 39.8 Å². The fourth-order valence-electron chi connectivity index (χ4n) is 3.68. The molecule has 0 unspecified atom stereocenters. The van der Waals surface area contributed by atoms with Crippen molar-refractivity contribution >= 4 is 34.3 Å². The molecule has 12 heteroatoms. The van der Waals surface area contributed by atoms with Gasteiger partial charge in [-0.25, -0.2) is 0 Å². The molecule has 4 aromatic heterocycles. The number of hydrogen-bond donors (Lipinski definition) is 1. The molecule has 1 amide bonds. The Hall–Kier alpha value is -3.93. The predicted molar refractivity (Wildman–Crippen MR) is 121 cm³/mol. The second kappa shape index (κ2) is 8.54. The van der Waals surface area contributed by atoms with E-state index in [1.54, 1.807) is 19.4 Å². The zero-order chi connectivity index (χ0) is 22.9. The molecule has 0 saturated carbocycles. The van der Waals surface area contributed by atoms with E-state index in [0.717, 1.165) is 11.3 Å². The van der Waals surface area contributed by atoms with E-state index in [0.29, 0.717) is 46.7 Å². The van der Waals surface area contributed by atoms with E-state index in [2.05, 4.69) is 20.4 Å². The van der Waals surface area contributed by atoms with E-state index in [4.69, 9.17) is 10.2 Å². The van der Waals surface area contributed by atoms with Crippen LogP contribution in [0.2, 0.25) is 0 Å². The minimum absolute atomic E-state index is 0.123. The summed E-state index contributed by atoms with van der Waals surface area (Å²) in [6.45, 7) is 0.425. The number of aryl methyl sites for hydroxylation is 2. The molecule has 0 radical (unpaired) electrons. The van der Waals surface area contributed by atoms with E-state index in [1.807, 2.05) is 39.3 Å². The molecule has 0 saturated heterocycles. The van der Waals surface area contributed by atoms with Gasteiger partial charge in [-0.1, -0.05) is 23.9 Å². The van der Waals surface area contributed by atoms with Crippen molar-refractivity contribution < 1.29 is 9.21 Å². The molecule has 11 nitrogen and oxygen atoms in total. The number of nitrogens with two attached hydrogens (primary N) is 1. The highest BCUT2D eigenvalue weighted by Gasteiger charge is 2.18. The van der Waals surface area contributed by atoms with Crippen molar-refractivity contribution in [2.75, 3.05) is 0 Å². The van der Waals surface area contributed by atoms with Crippen LogP contribution < -0.4 is 11.3 Å². The minimum atomic E-state index is -0.399. The smallest absolute Gasteiger partial charge is 0.262 e. The SMILES string of the molecule is Cn1c(=O)c2ccccc2n2c(CSc3nnc(CCC(N)=O)n3Cc3ccco3)nnc12. The van der Waals surface area contributed by atoms with Gasteiger partial charge in [0, 0.05) is 19.9 Å². The molecule has 5 rings (SSSR count). The first-order valence-corrected chi connectivity index (χ1v) is 11.2. The summed E-state index contributed by atoms with van der Waals surface area (Å²) in [7, 11) is 1.68. The summed E-state index contributed by atoms with van der Waals surface area (Å²) in [6.07, 6.45) is 2.16. The first-order valence-electron chi connectivity index (χ1n) is 10.2. The lowest BCUT2D eigenvalue weighted by Crippen LogP contribution is -2.20. The quantitative estimate of drug-likeness (QED) is 0.341. The number of amides is 1. The molecular weight excluding hydrogens is 444 g/mol. The number of benzene rings is 1. The van der Waals surface area contributed by atoms with Gasteiger partial charge >= 0.3 is 0 Å². The van der Waals surface area contributed by atoms with Crippen LogP contribution in [0, 0.1) is 0 Å². The van der Waals surface area contributed by atoms with Gasteiger partial charge in [-0.05, 0) is 24.3 Å². The van der Waals surface area contributed by atoms with Crippen LogP contribution in [-0.2, 0) is 30.6 Å². The number of fused-ring (bicyclic) bond motifs is 3. The van der Waals surface area contributed by atoms with Gasteiger partial charge in [0.05, 0.1) is 29.5 Å². The third kappa shape index (κ3) is 3.89. The average molecular weight is 465 g/mol. The average Bonchev–Trinajstić information content (AvgIpc) is 3.56. The zero-order valence-corrected chi connectivity index (χ0v) is 18.5. The number of furan rings is 1. The highest BCUT2D eigenvalue weighted by molar-refractivity contribution is 7.98. The van der Waals surface area contributed by atoms with Gasteiger partial charge in [0.2, 0.25) is 11.7 Å². The Morgan fingerprint density at radius 3 is 2.70 bits per heavy atom. The van der Waals surface area contributed by atoms with Crippen molar-refractivity contribution in [3.63, 3.8) is 0 Å². The maximum Gasteiger partial charge on any atom is 0.262 e. The van der Waals surface area contributed by atoms with Gasteiger partial charge in [0.15, 0.2) is 5.16 Å². The van der Waals surface area contributed by atoms with Gasteiger partial charge in [-0.2, -0.15) is 0 Å². The minimum Gasteiger partial charge on any atom is -0.467 e. The summed E-state index contributed by atoms with van der Waals surface area (Å²) in [5, 5.41) is 18.4. The molecule has 0 aliphatic rings. The number of rotatable bonds is 8. The molecule has 5 aromatic rings. The second-order valence-electron chi connectivity index (χ2n) is 7.45. The number of carbonyl (C=O) groups excluding carboxylic acids is 1. The van der Waals surface area contributed by atoms with Crippen LogP contribution >= 0.6 is 11.8 Å². The number of hydrogen-bond acceptors (Lipinski definition) is 8. The Labute approximate surface area is 191 Å². The van der Waals surface area contributed by atoms with Gasteiger partial charge in [-0.3, -0.25) is 23.1 Å². The lowest BCUT2D eigenvalue weighted by molar-refractivity contribution is -0.118. The van der Waals surface area contributed by atoms with Gasteiger partial charge < -0.3 is 10.2 Å². The lowest BCUT2D eigenvalue weighted by atomic mass is 10.2. The van der Waals surface area contributed by atoms with Gasteiger partial charge in [0.1, 0.15) is 17.4 Å². The molecule has 0 aliphatic heterocycles. The number of carbonyl (C=O) groups is 1. The molecule has 1 aromatic carbocycles. The summed E-state index contributed by atoms with van der Waals surface area (Å²) in [5.74, 6) is 2.57. The fraction of sp³-hybridized carbons (Fsp3) is 0.238. The van der Waals surface area contributed by atoms with Gasteiger partial charge in [-0.15, -0.1) is 20.4 Å². The summed E-state index contributed by atoms with van der Waals surface area (Å²) < 4.78 is 10.8. The molecule has 2 N–H and O–H groups in total. The third-order valence-electron chi connectivity index (χ3n) is 5.31. The van der Waals surface area contributed by atoms with Crippen molar-refractivity contribution in [1.82, 2.24) is 33.9 Å². The summed E-state index contributed by atoms with van der Waals surface area (Å²) in [6, 6.07) is 11.1. The first kappa shape index (κ1) is 20.9. The lowest BCUT2D eigenvalue weighted by Gasteiger charge is -2.09. The maximum absolute atomic E-state index is 12.7. The molecule has 0 fully saturated rings. The van der Waals surface area contributed by atoms with Crippen molar-refractivity contribution in [2.45, 2.75) is 30.3 Å². The first-order chi connectivity index (χ1) is 16.0. The Kier molecular flexibility index (Phi) is 5.42. The predicted octanol–water partition coefficient (Wildman–Crippen LogP) is 1.52. The van der Waals surface area contributed by atoms with Crippen LogP contribution in [0.4, 0.5) is 0 Å². The van der Waals surface area contributed by atoms with E-state index >= 15 is 0 Å². The molecule has 0 aliphatic carbocycles. The van der Waals surface area contributed by atoms with Crippen molar-refractivity contribution in [3.8, 4) is 0 Å². The monoisotopic (exact) mass is 464 g/mol. The highest BCUT2D eigenvalue weighted by Crippen LogP contribution is 2.24. The fourth-order valence-corrected chi connectivity index (χ4v) is 4.55. The number of aromatic nitrogens is 7. The van der Waals surface area contributed by atoms with Crippen LogP contribution in [0.3, 0.4) is 0 Å². The molecule has 0 atom stereocenters. The molecular formula is C21H20N8O3S. The van der Waals surface area contributed by atoms with E-state index in [9.17, 15) is 9.59 Å². The Morgan fingerprint density at radius 2 is 1.91 bits per heavy atom. The van der Waals surface area contributed by atoms with E-state index < -0.39 is 5.91 Å². The Morgan fingerprint density at radius 1 is 1.09 bits per heavy atom. The standard InChI is InChI=1S/C21H20N8O3S/c1-27-19(31)14-6-2-3-7-15(14)29-18(24-25-20(27)29)12-33-21-26-23-17(9-8-16(22)30)28(21)11-13-5-4-10-32-13/h2-7,10H,8-9,11-12H2,1H3,(H2,22,30). The number of primary amides is 1. The van der Waals surface area contributed by atoms with Crippen molar-refractivity contribution in [2.24, 2.45) is 12.8 Å². The van der Waals surface area contributed by atoms with E-state index in [1.165, 1.54) is 16.3 Å². The molecule has 33 heavy (non-hydrogen) atoms. The summed E-state index contributed by atoms with van der Waals surface area (Å²) >= 11 is 1.44. The number of thioether (sulfide) groups is 1. The molecule has 0 bridgehead atoms. The van der Waals surface area contributed by atoms with Crippen LogP contribution in [0.15, 0.2) is 57.0 Å². The highest BCUT2D eigenvalue weighted by atomic mass is 32.2. The molecule has 0 spiro atoms. The zero-order valence-electron chi connectivity index (χ0n) is 17.7. The van der Waals surface area contributed by atoms with Gasteiger partial charge in [0.25, 0.3) is 5.56 Å². The summed E-state index contributed by atoms with van der Waals surface area (Å²) in [5.41, 5.74) is 5.94. The Balaban J connectivity index is 1.49. The number of nitrogens with zero attached hydrogens (tertiary/aromatic N) is 7. The van der Waals surface area contributed by atoms with Crippen LogP contribution in [0.25, 0.3) is 16.7 Å². The third-order valence-corrected chi connectivity index (χ3v) is 6.27. The van der Waals surface area contributed by atoms with Crippen molar-refractivity contribution in [3.05, 3.63) is 70.4 Å². The largest absolute Gasteiger partial charge is 0.467 e. The van der Waals surface area contributed by atoms with E-state index in [-0.39, 0.29) is 12.0 Å². The summed E-state index contributed by atoms with van der Waals surface area (Å²) in [4.78, 5) is 23.9.